The number of carbonyl (C=O) groups is 1. The molecule has 0 atom stereocenters. The Bertz CT molecular complexity index is 753. The minimum Gasteiger partial charge on any atom is -0.496 e. The number of primary amides is 1. The van der Waals surface area contributed by atoms with E-state index in [1.807, 2.05) is 32.0 Å². The van der Waals surface area contributed by atoms with Crippen LogP contribution in [0.15, 0.2) is 39.7 Å². The Kier molecular flexibility index (Phi) is 6.45. The number of hydrogen-bond donors (Lipinski definition) is 3. The Morgan fingerprint density at radius 3 is 2.72 bits per heavy atom. The van der Waals surface area contributed by atoms with Crippen LogP contribution < -0.4 is 21.1 Å². The normalized spacial score (nSPS) is 11.2. The molecule has 1 amide bonds. The topological polar surface area (TPSA) is 102 Å². The van der Waals surface area contributed by atoms with Crippen LogP contribution in [0.2, 0.25) is 0 Å². The summed E-state index contributed by atoms with van der Waals surface area (Å²) in [4.78, 5) is 15.6. The minimum atomic E-state index is -0.585. The Hall–Kier alpha value is -2.96. The molecule has 2 aromatic rings. The van der Waals surface area contributed by atoms with E-state index < -0.39 is 5.91 Å². The van der Waals surface area contributed by atoms with Crippen LogP contribution >= 0.6 is 0 Å². The number of ether oxygens (including phenoxy) is 1. The van der Waals surface area contributed by atoms with Crippen molar-refractivity contribution in [2.24, 2.45) is 10.7 Å². The van der Waals surface area contributed by atoms with Crippen LogP contribution in [-0.4, -0.2) is 25.5 Å². The van der Waals surface area contributed by atoms with E-state index in [0.717, 1.165) is 23.4 Å². The largest absolute Gasteiger partial charge is 0.496 e. The van der Waals surface area contributed by atoms with Crippen molar-refractivity contribution in [3.63, 3.8) is 0 Å². The average Bonchev–Trinajstić information content (AvgIpc) is 3.07. The van der Waals surface area contributed by atoms with E-state index in [9.17, 15) is 4.79 Å². The molecule has 0 aliphatic rings. The molecule has 0 saturated carbocycles. The standard InChI is InChI=1S/C18H24N4O3/c1-4-20-18(22-11-14-7-8-15(25-14)17(19)23)21-10-13-6-5-12(2)9-16(13)24-3/h5-9H,4,10-11H2,1-3H3,(H2,19,23)(H2,20,21,22). The van der Waals surface area contributed by atoms with Crippen molar-refractivity contribution >= 4 is 11.9 Å². The molecule has 0 unspecified atom stereocenters. The lowest BCUT2D eigenvalue weighted by Gasteiger charge is -2.11. The first-order valence-corrected chi connectivity index (χ1v) is 8.07. The van der Waals surface area contributed by atoms with E-state index in [1.165, 1.54) is 0 Å². The van der Waals surface area contributed by atoms with E-state index >= 15 is 0 Å². The summed E-state index contributed by atoms with van der Waals surface area (Å²) in [6, 6.07) is 9.29. The number of nitrogens with two attached hydrogens (primary N) is 1. The number of furan rings is 1. The summed E-state index contributed by atoms with van der Waals surface area (Å²) in [6.45, 7) is 5.60. The van der Waals surface area contributed by atoms with Gasteiger partial charge in [-0.3, -0.25) is 4.79 Å². The van der Waals surface area contributed by atoms with Crippen molar-refractivity contribution in [3.8, 4) is 5.75 Å². The van der Waals surface area contributed by atoms with Crippen LogP contribution in [0, 0.1) is 6.92 Å². The second-order valence-corrected chi connectivity index (χ2v) is 5.49. The molecule has 25 heavy (non-hydrogen) atoms. The zero-order chi connectivity index (χ0) is 18.2. The summed E-state index contributed by atoms with van der Waals surface area (Å²) in [5.41, 5.74) is 7.32. The van der Waals surface area contributed by atoms with Crippen LogP contribution in [0.25, 0.3) is 0 Å². The summed E-state index contributed by atoms with van der Waals surface area (Å²) >= 11 is 0. The average molecular weight is 344 g/mol. The minimum absolute atomic E-state index is 0.142. The molecule has 1 aromatic carbocycles. The molecule has 134 valence electrons. The van der Waals surface area contributed by atoms with Crippen molar-refractivity contribution in [1.29, 1.82) is 0 Å². The number of nitrogens with one attached hydrogen (secondary N) is 2. The summed E-state index contributed by atoms with van der Waals surface area (Å²) in [7, 11) is 1.65. The van der Waals surface area contributed by atoms with Gasteiger partial charge >= 0.3 is 0 Å². The molecule has 7 nitrogen and oxygen atoms in total. The molecule has 0 spiro atoms. The molecule has 7 heteroatoms. The Balaban J connectivity index is 2.03. The van der Waals surface area contributed by atoms with Crippen LogP contribution in [0.5, 0.6) is 5.75 Å². The third-order valence-electron chi connectivity index (χ3n) is 3.53. The van der Waals surface area contributed by atoms with Crippen LogP contribution in [-0.2, 0) is 13.1 Å². The van der Waals surface area contributed by atoms with E-state index in [-0.39, 0.29) is 5.76 Å². The van der Waals surface area contributed by atoms with Gasteiger partial charge in [0, 0.05) is 12.1 Å². The number of rotatable bonds is 7. The van der Waals surface area contributed by atoms with Crippen LogP contribution in [0.3, 0.4) is 0 Å². The van der Waals surface area contributed by atoms with Gasteiger partial charge in [-0.15, -0.1) is 0 Å². The predicted octanol–water partition coefficient (Wildman–Crippen LogP) is 1.95. The van der Waals surface area contributed by atoms with Gasteiger partial charge in [0.05, 0.1) is 20.2 Å². The van der Waals surface area contributed by atoms with Crippen molar-refractivity contribution < 1.29 is 13.9 Å². The Labute approximate surface area is 147 Å². The first kappa shape index (κ1) is 18.4. The lowest BCUT2D eigenvalue weighted by molar-refractivity contribution is 0.0972. The van der Waals surface area contributed by atoms with Gasteiger partial charge in [-0.2, -0.15) is 0 Å². The van der Waals surface area contributed by atoms with Gasteiger partial charge in [-0.1, -0.05) is 12.1 Å². The molecule has 0 saturated heterocycles. The predicted molar refractivity (Wildman–Crippen MR) is 96.6 cm³/mol. The highest BCUT2D eigenvalue weighted by Crippen LogP contribution is 2.20. The quantitative estimate of drug-likeness (QED) is 0.526. The van der Waals surface area contributed by atoms with Gasteiger partial charge in [0.25, 0.3) is 5.91 Å². The maximum atomic E-state index is 11.1. The fraction of sp³-hybridized carbons (Fsp3) is 0.333. The van der Waals surface area contributed by atoms with E-state index in [4.69, 9.17) is 14.9 Å². The summed E-state index contributed by atoms with van der Waals surface area (Å²) < 4.78 is 10.8. The number of aryl methyl sites for hydroxylation is 1. The fourth-order valence-electron chi connectivity index (χ4n) is 2.26. The maximum absolute atomic E-state index is 11.1. The number of nitrogens with zero attached hydrogens (tertiary/aromatic N) is 1. The van der Waals surface area contributed by atoms with E-state index in [1.54, 1.807) is 19.2 Å². The summed E-state index contributed by atoms with van der Waals surface area (Å²) in [5.74, 6) is 1.62. The zero-order valence-electron chi connectivity index (χ0n) is 14.8. The molecular weight excluding hydrogens is 320 g/mol. The molecular formula is C18H24N4O3. The lowest BCUT2D eigenvalue weighted by atomic mass is 10.1. The third-order valence-corrected chi connectivity index (χ3v) is 3.53. The molecule has 0 fully saturated rings. The van der Waals surface area contributed by atoms with Crippen molar-refractivity contribution in [1.82, 2.24) is 10.6 Å². The van der Waals surface area contributed by atoms with Crippen LogP contribution in [0.1, 0.15) is 34.4 Å². The lowest BCUT2D eigenvalue weighted by Crippen LogP contribution is -2.36. The summed E-state index contributed by atoms with van der Waals surface area (Å²) in [5, 5.41) is 6.33. The smallest absolute Gasteiger partial charge is 0.284 e. The highest BCUT2D eigenvalue weighted by atomic mass is 16.5. The van der Waals surface area contributed by atoms with Gasteiger partial charge in [-0.05, 0) is 37.6 Å². The number of guanidine groups is 1. The van der Waals surface area contributed by atoms with Gasteiger partial charge in [0.1, 0.15) is 11.5 Å². The van der Waals surface area contributed by atoms with Gasteiger partial charge in [-0.25, -0.2) is 4.99 Å². The molecule has 0 bridgehead atoms. The molecule has 0 radical (unpaired) electrons. The number of benzene rings is 1. The first-order chi connectivity index (χ1) is 12.0. The van der Waals surface area contributed by atoms with Crippen molar-refractivity contribution in [2.45, 2.75) is 26.9 Å². The Morgan fingerprint density at radius 2 is 2.08 bits per heavy atom. The number of amides is 1. The fourth-order valence-corrected chi connectivity index (χ4v) is 2.26. The molecule has 2 rings (SSSR count). The number of methoxy groups -OCH3 is 1. The van der Waals surface area contributed by atoms with Crippen LogP contribution in [0.4, 0.5) is 0 Å². The maximum Gasteiger partial charge on any atom is 0.284 e. The first-order valence-electron chi connectivity index (χ1n) is 8.07. The monoisotopic (exact) mass is 344 g/mol. The number of aliphatic imine (C=N–C) groups is 1. The van der Waals surface area contributed by atoms with E-state index in [2.05, 4.69) is 15.6 Å². The molecule has 4 N–H and O–H groups in total. The highest BCUT2D eigenvalue weighted by molar-refractivity contribution is 5.89. The van der Waals surface area contributed by atoms with Gasteiger partial charge < -0.3 is 25.5 Å². The van der Waals surface area contributed by atoms with Crippen molar-refractivity contribution in [3.05, 3.63) is 53.0 Å². The second-order valence-electron chi connectivity index (χ2n) is 5.49. The zero-order valence-corrected chi connectivity index (χ0v) is 14.8. The van der Waals surface area contributed by atoms with Gasteiger partial charge in [0.15, 0.2) is 11.7 Å². The molecule has 0 aliphatic heterocycles. The summed E-state index contributed by atoms with van der Waals surface area (Å²) in [6.07, 6.45) is 0. The van der Waals surface area contributed by atoms with Crippen molar-refractivity contribution in [2.75, 3.05) is 13.7 Å². The SMILES string of the molecule is CCNC(=NCc1ccc(C)cc1OC)NCc1ccc(C(N)=O)o1. The van der Waals surface area contributed by atoms with Gasteiger partial charge in [0.2, 0.25) is 0 Å². The van der Waals surface area contributed by atoms with E-state index in [0.29, 0.717) is 24.8 Å². The molecule has 0 aliphatic carbocycles. The molecule has 1 aromatic heterocycles. The molecule has 1 heterocycles. The number of carbonyl (C=O) groups excluding carboxylic acids is 1. The third kappa shape index (κ3) is 5.27. The highest BCUT2D eigenvalue weighted by Gasteiger charge is 2.08. The number of hydrogen-bond acceptors (Lipinski definition) is 4. The Morgan fingerprint density at radius 1 is 1.28 bits per heavy atom. The second kappa shape index (κ2) is 8.77.